The van der Waals surface area contributed by atoms with E-state index in [0.717, 1.165) is 42.7 Å². The van der Waals surface area contributed by atoms with E-state index in [4.69, 9.17) is 0 Å². The van der Waals surface area contributed by atoms with Gasteiger partial charge in [0.15, 0.2) is 0 Å². The minimum atomic E-state index is -0.453. The molecule has 3 nitrogen and oxygen atoms in total. The van der Waals surface area contributed by atoms with E-state index in [1.807, 2.05) is 36.6 Å². The standard InChI is InChI=1S/C18H19FN2OS/c1-23-20-15-7-4-13(5-8-15)14-6-9-16(17(19)12-14)18(22)21-10-2-3-11-21/h4-9,12,20H,2-3,10-11H2,1H3. The molecule has 1 amide bonds. The molecule has 5 heteroatoms. The number of carbonyl (C=O) groups is 1. The monoisotopic (exact) mass is 330 g/mol. The van der Waals surface area contributed by atoms with Gasteiger partial charge in [0.25, 0.3) is 5.91 Å². The van der Waals surface area contributed by atoms with Gasteiger partial charge < -0.3 is 9.62 Å². The highest BCUT2D eigenvalue weighted by molar-refractivity contribution is 7.99. The van der Waals surface area contributed by atoms with E-state index in [-0.39, 0.29) is 11.5 Å². The van der Waals surface area contributed by atoms with Crippen LogP contribution in [0.25, 0.3) is 11.1 Å². The number of benzene rings is 2. The number of amides is 1. The molecule has 1 aliphatic heterocycles. The molecule has 0 saturated carbocycles. The second-order valence-electron chi connectivity index (χ2n) is 5.58. The van der Waals surface area contributed by atoms with E-state index in [1.54, 1.807) is 11.0 Å². The molecule has 0 unspecified atom stereocenters. The van der Waals surface area contributed by atoms with Crippen LogP contribution in [0.15, 0.2) is 42.5 Å². The molecule has 23 heavy (non-hydrogen) atoms. The Morgan fingerprint density at radius 2 is 1.74 bits per heavy atom. The number of nitrogens with zero attached hydrogens (tertiary/aromatic N) is 1. The molecule has 3 rings (SSSR count). The van der Waals surface area contributed by atoms with Crippen LogP contribution in [0.2, 0.25) is 0 Å². The van der Waals surface area contributed by atoms with Crippen molar-refractivity contribution < 1.29 is 9.18 Å². The molecule has 120 valence electrons. The molecule has 2 aromatic rings. The molecule has 0 spiro atoms. The Bertz CT molecular complexity index is 697. The zero-order valence-electron chi connectivity index (χ0n) is 13.0. The van der Waals surface area contributed by atoms with Gasteiger partial charge in [-0.15, -0.1) is 0 Å². The van der Waals surface area contributed by atoms with Crippen LogP contribution >= 0.6 is 11.9 Å². The summed E-state index contributed by atoms with van der Waals surface area (Å²) >= 11 is 1.52. The first-order valence-corrected chi connectivity index (χ1v) is 8.90. The third-order valence-corrected chi connectivity index (χ3v) is 4.47. The lowest BCUT2D eigenvalue weighted by molar-refractivity contribution is 0.0788. The molecule has 0 atom stereocenters. The van der Waals surface area contributed by atoms with Crippen molar-refractivity contribution in [3.63, 3.8) is 0 Å². The highest BCUT2D eigenvalue weighted by atomic mass is 32.2. The molecule has 0 bridgehead atoms. The van der Waals surface area contributed by atoms with Crippen molar-refractivity contribution in [2.45, 2.75) is 12.8 Å². The van der Waals surface area contributed by atoms with E-state index < -0.39 is 5.82 Å². The molecule has 0 aromatic heterocycles. The molecular weight excluding hydrogens is 311 g/mol. The Balaban J connectivity index is 1.82. The number of rotatable bonds is 4. The van der Waals surface area contributed by atoms with Gasteiger partial charge in [0.2, 0.25) is 0 Å². The second kappa shape index (κ2) is 7.04. The summed E-state index contributed by atoms with van der Waals surface area (Å²) in [4.78, 5) is 14.0. The van der Waals surface area contributed by atoms with Crippen LogP contribution < -0.4 is 4.72 Å². The normalized spacial score (nSPS) is 14.1. The maximum Gasteiger partial charge on any atom is 0.256 e. The van der Waals surface area contributed by atoms with E-state index >= 15 is 0 Å². The topological polar surface area (TPSA) is 32.3 Å². The summed E-state index contributed by atoms with van der Waals surface area (Å²) in [5.74, 6) is -0.656. The fraction of sp³-hybridized carbons (Fsp3) is 0.278. The van der Waals surface area contributed by atoms with Crippen LogP contribution in [0.5, 0.6) is 0 Å². The van der Waals surface area contributed by atoms with Crippen molar-refractivity contribution in [2.75, 3.05) is 24.1 Å². The largest absolute Gasteiger partial charge is 0.339 e. The first kappa shape index (κ1) is 15.9. The number of halogens is 1. The maximum absolute atomic E-state index is 14.4. The molecule has 2 aromatic carbocycles. The predicted octanol–water partition coefficient (Wildman–Crippen LogP) is 4.42. The van der Waals surface area contributed by atoms with Crippen LogP contribution in [0.1, 0.15) is 23.2 Å². The minimum Gasteiger partial charge on any atom is -0.339 e. The van der Waals surface area contributed by atoms with Crippen molar-refractivity contribution in [1.29, 1.82) is 0 Å². The number of hydrogen-bond donors (Lipinski definition) is 1. The zero-order chi connectivity index (χ0) is 16.2. The third kappa shape index (κ3) is 3.50. The van der Waals surface area contributed by atoms with Crippen LogP contribution in [0.4, 0.5) is 10.1 Å². The second-order valence-corrected chi connectivity index (χ2v) is 6.19. The highest BCUT2D eigenvalue weighted by Gasteiger charge is 2.22. The maximum atomic E-state index is 14.4. The van der Waals surface area contributed by atoms with E-state index in [9.17, 15) is 9.18 Å². The minimum absolute atomic E-state index is 0.163. The fourth-order valence-corrected chi connectivity index (χ4v) is 3.18. The first-order chi connectivity index (χ1) is 11.2. The van der Waals surface area contributed by atoms with Crippen molar-refractivity contribution in [3.8, 4) is 11.1 Å². The summed E-state index contributed by atoms with van der Waals surface area (Å²) in [5, 5.41) is 0. The van der Waals surface area contributed by atoms with Crippen LogP contribution in [0.3, 0.4) is 0 Å². The van der Waals surface area contributed by atoms with E-state index in [2.05, 4.69) is 4.72 Å². The lowest BCUT2D eigenvalue weighted by Gasteiger charge is -2.16. The van der Waals surface area contributed by atoms with Crippen LogP contribution in [0, 0.1) is 5.82 Å². The summed E-state index contributed by atoms with van der Waals surface area (Å²) in [6, 6.07) is 12.6. The molecule has 1 saturated heterocycles. The zero-order valence-corrected chi connectivity index (χ0v) is 13.8. The van der Waals surface area contributed by atoms with Gasteiger partial charge in [-0.3, -0.25) is 4.79 Å². The van der Waals surface area contributed by atoms with Gasteiger partial charge in [0.05, 0.1) is 5.56 Å². The molecule has 0 radical (unpaired) electrons. The van der Waals surface area contributed by atoms with Gasteiger partial charge in [-0.2, -0.15) is 0 Å². The van der Waals surface area contributed by atoms with E-state index in [0.29, 0.717) is 0 Å². The predicted molar refractivity (Wildman–Crippen MR) is 94.1 cm³/mol. The van der Waals surface area contributed by atoms with Gasteiger partial charge in [-0.25, -0.2) is 4.39 Å². The van der Waals surface area contributed by atoms with Crippen molar-refractivity contribution in [2.24, 2.45) is 0 Å². The quantitative estimate of drug-likeness (QED) is 0.842. The SMILES string of the molecule is CSNc1ccc(-c2ccc(C(=O)N3CCCC3)c(F)c2)cc1. The summed E-state index contributed by atoms with van der Waals surface area (Å²) in [6.07, 6.45) is 3.96. The van der Waals surface area contributed by atoms with E-state index in [1.165, 1.54) is 18.0 Å². The summed E-state index contributed by atoms with van der Waals surface area (Å²) in [5.41, 5.74) is 2.87. The van der Waals surface area contributed by atoms with Gasteiger partial charge in [-0.05, 0) is 48.2 Å². The summed E-state index contributed by atoms with van der Waals surface area (Å²) in [6.45, 7) is 1.45. The molecule has 0 aliphatic carbocycles. The van der Waals surface area contributed by atoms with Gasteiger partial charge in [0.1, 0.15) is 5.82 Å². The Morgan fingerprint density at radius 3 is 2.35 bits per heavy atom. The third-order valence-electron chi connectivity index (χ3n) is 4.03. The lowest BCUT2D eigenvalue weighted by atomic mass is 10.0. The van der Waals surface area contributed by atoms with Crippen molar-refractivity contribution >= 4 is 23.5 Å². The van der Waals surface area contributed by atoms with Crippen LogP contribution in [-0.4, -0.2) is 30.2 Å². The molecule has 1 fully saturated rings. The number of carbonyl (C=O) groups excluding carboxylic acids is 1. The van der Waals surface area contributed by atoms with Gasteiger partial charge in [0, 0.05) is 25.0 Å². The molecule has 1 heterocycles. The summed E-state index contributed by atoms with van der Waals surface area (Å²) in [7, 11) is 0. The number of nitrogens with one attached hydrogen (secondary N) is 1. The number of likely N-dealkylation sites (tertiary alicyclic amines) is 1. The molecule has 1 N–H and O–H groups in total. The first-order valence-electron chi connectivity index (χ1n) is 7.67. The smallest absolute Gasteiger partial charge is 0.256 e. The molecule has 1 aliphatic rings. The van der Waals surface area contributed by atoms with Crippen molar-refractivity contribution in [1.82, 2.24) is 4.90 Å². The number of anilines is 1. The Labute approximate surface area is 140 Å². The Kier molecular flexibility index (Phi) is 4.86. The lowest BCUT2D eigenvalue weighted by Crippen LogP contribution is -2.28. The fourth-order valence-electron chi connectivity index (χ4n) is 2.81. The van der Waals surface area contributed by atoms with Crippen LogP contribution in [-0.2, 0) is 0 Å². The van der Waals surface area contributed by atoms with Gasteiger partial charge in [-0.1, -0.05) is 30.1 Å². The molecular formula is C18H19FN2OS. The Hall–Kier alpha value is -2.01. The Morgan fingerprint density at radius 1 is 1.09 bits per heavy atom. The summed E-state index contributed by atoms with van der Waals surface area (Å²) < 4.78 is 17.5. The average Bonchev–Trinajstić information content (AvgIpc) is 3.10. The highest BCUT2D eigenvalue weighted by Crippen LogP contribution is 2.25. The number of hydrogen-bond acceptors (Lipinski definition) is 3. The average molecular weight is 330 g/mol. The van der Waals surface area contributed by atoms with Crippen molar-refractivity contribution in [3.05, 3.63) is 53.8 Å². The van der Waals surface area contributed by atoms with Gasteiger partial charge >= 0.3 is 0 Å².